The maximum Gasteiger partial charge on any atom is 0.330 e. The van der Waals surface area contributed by atoms with E-state index < -0.39 is 0 Å². The Kier molecular flexibility index (Phi) is 5.71. The van der Waals surface area contributed by atoms with E-state index in [1.54, 1.807) is 6.08 Å². The first-order chi connectivity index (χ1) is 14.3. The number of benzene rings is 3. The summed E-state index contributed by atoms with van der Waals surface area (Å²) in [6.07, 6.45) is 6.52. The average molecular weight is 380 g/mol. The summed E-state index contributed by atoms with van der Waals surface area (Å²) in [6.45, 7) is 0. The van der Waals surface area contributed by atoms with Crippen molar-refractivity contribution in [1.82, 2.24) is 0 Å². The Labute approximate surface area is 172 Å². The van der Waals surface area contributed by atoms with Gasteiger partial charge in [0.2, 0.25) is 0 Å². The van der Waals surface area contributed by atoms with Crippen LogP contribution in [0.4, 0.5) is 0 Å². The van der Waals surface area contributed by atoms with Crippen molar-refractivity contribution >= 4 is 23.2 Å². The van der Waals surface area contributed by atoms with Gasteiger partial charge in [0.25, 0.3) is 0 Å². The number of hydrogen-bond acceptors (Lipinski definition) is 2. The van der Waals surface area contributed by atoms with Crippen LogP contribution in [-0.2, 0) is 16.0 Å². The Bertz CT molecular complexity index is 1060. The molecule has 1 aliphatic carbocycles. The zero-order chi connectivity index (χ0) is 20.1. The van der Waals surface area contributed by atoms with Crippen molar-refractivity contribution in [3.8, 4) is 0 Å². The molecule has 0 aliphatic heterocycles. The van der Waals surface area contributed by atoms with E-state index in [1.165, 1.54) is 46.6 Å². The van der Waals surface area contributed by atoms with Gasteiger partial charge in [-0.05, 0) is 64.3 Å². The van der Waals surface area contributed by atoms with Crippen molar-refractivity contribution in [3.63, 3.8) is 0 Å². The molecule has 0 atom stereocenters. The molecule has 29 heavy (non-hydrogen) atoms. The van der Waals surface area contributed by atoms with Crippen LogP contribution in [0.15, 0.2) is 84.9 Å². The Morgan fingerprint density at radius 3 is 2.31 bits per heavy atom. The average Bonchev–Trinajstić information content (AvgIpc) is 2.98. The van der Waals surface area contributed by atoms with E-state index in [1.807, 2.05) is 0 Å². The fourth-order valence-electron chi connectivity index (χ4n) is 3.98. The Morgan fingerprint density at radius 2 is 1.55 bits per heavy atom. The van der Waals surface area contributed by atoms with Crippen molar-refractivity contribution < 1.29 is 9.53 Å². The molecule has 0 saturated carbocycles. The van der Waals surface area contributed by atoms with Gasteiger partial charge < -0.3 is 4.74 Å². The highest BCUT2D eigenvalue weighted by Crippen LogP contribution is 2.39. The van der Waals surface area contributed by atoms with Gasteiger partial charge in [-0.2, -0.15) is 0 Å². The smallest absolute Gasteiger partial charge is 0.330 e. The molecule has 0 heterocycles. The number of carbonyl (C=O) groups excluding carboxylic acids is 1. The predicted molar refractivity (Wildman–Crippen MR) is 119 cm³/mol. The molecule has 0 fully saturated rings. The molecule has 4 rings (SSSR count). The third-order valence-electron chi connectivity index (χ3n) is 5.40. The van der Waals surface area contributed by atoms with E-state index in [0.717, 1.165) is 24.8 Å². The van der Waals surface area contributed by atoms with Crippen LogP contribution < -0.4 is 0 Å². The monoisotopic (exact) mass is 380 g/mol. The summed E-state index contributed by atoms with van der Waals surface area (Å²) >= 11 is 0. The highest BCUT2D eigenvalue weighted by molar-refractivity contribution is 6.00. The van der Waals surface area contributed by atoms with Gasteiger partial charge in [-0.15, -0.1) is 0 Å². The lowest BCUT2D eigenvalue weighted by Crippen LogP contribution is -1.96. The molecule has 0 bridgehead atoms. The number of fused-ring (bicyclic) bond motifs is 1. The minimum atomic E-state index is -0.346. The number of carbonyl (C=O) groups is 1. The summed E-state index contributed by atoms with van der Waals surface area (Å²) in [4.78, 5) is 11.4. The first-order valence-corrected chi connectivity index (χ1v) is 9.99. The molecule has 0 N–H and O–H groups in total. The van der Waals surface area contributed by atoms with Crippen molar-refractivity contribution in [2.24, 2.45) is 0 Å². The second kappa shape index (κ2) is 8.74. The van der Waals surface area contributed by atoms with Crippen LogP contribution in [0.5, 0.6) is 0 Å². The Morgan fingerprint density at radius 1 is 0.828 bits per heavy atom. The van der Waals surface area contributed by atoms with Crippen LogP contribution >= 0.6 is 0 Å². The fraction of sp³-hybridized carbons (Fsp3) is 0.148. The number of hydrogen-bond donors (Lipinski definition) is 0. The van der Waals surface area contributed by atoms with Gasteiger partial charge >= 0.3 is 5.97 Å². The van der Waals surface area contributed by atoms with E-state index >= 15 is 0 Å². The second-order valence-electron chi connectivity index (χ2n) is 7.21. The molecule has 1 aliphatic rings. The number of allylic oxidation sites excluding steroid dienone is 1. The summed E-state index contributed by atoms with van der Waals surface area (Å²) in [5.41, 5.74) is 8.90. The third kappa shape index (κ3) is 4.22. The van der Waals surface area contributed by atoms with Gasteiger partial charge in [-0.25, -0.2) is 4.79 Å². The summed E-state index contributed by atoms with van der Waals surface area (Å²) in [7, 11) is 1.39. The van der Waals surface area contributed by atoms with Crippen molar-refractivity contribution in [2.45, 2.75) is 19.3 Å². The van der Waals surface area contributed by atoms with Gasteiger partial charge in [-0.1, -0.05) is 78.9 Å². The summed E-state index contributed by atoms with van der Waals surface area (Å²) in [5.74, 6) is -0.346. The minimum absolute atomic E-state index is 0.346. The fourth-order valence-corrected chi connectivity index (χ4v) is 3.98. The van der Waals surface area contributed by atoms with E-state index in [9.17, 15) is 4.79 Å². The van der Waals surface area contributed by atoms with Crippen molar-refractivity contribution in [3.05, 3.63) is 113 Å². The Hall–Kier alpha value is -3.39. The van der Waals surface area contributed by atoms with Gasteiger partial charge in [0.15, 0.2) is 0 Å². The number of ether oxygens (including phenoxy) is 1. The van der Waals surface area contributed by atoms with Crippen LogP contribution in [-0.4, -0.2) is 13.1 Å². The first kappa shape index (κ1) is 18.9. The molecule has 3 aromatic carbocycles. The third-order valence-corrected chi connectivity index (χ3v) is 5.40. The van der Waals surface area contributed by atoms with E-state index in [-0.39, 0.29) is 5.97 Å². The van der Waals surface area contributed by atoms with Crippen molar-refractivity contribution in [1.29, 1.82) is 0 Å². The largest absolute Gasteiger partial charge is 0.466 e. The number of methoxy groups -OCH3 is 1. The predicted octanol–water partition coefficient (Wildman–Crippen LogP) is 6.17. The molecule has 2 nitrogen and oxygen atoms in total. The number of esters is 1. The van der Waals surface area contributed by atoms with Crippen LogP contribution in [0.1, 0.15) is 40.7 Å². The molecule has 144 valence electrons. The van der Waals surface area contributed by atoms with E-state index in [4.69, 9.17) is 0 Å². The highest BCUT2D eigenvalue weighted by Gasteiger charge is 2.19. The normalized spacial score (nSPS) is 13.8. The molecular formula is C27H24O2. The lowest BCUT2D eigenvalue weighted by atomic mass is 9.87. The van der Waals surface area contributed by atoms with Crippen LogP contribution in [0, 0.1) is 0 Å². The maximum atomic E-state index is 11.4. The van der Waals surface area contributed by atoms with Crippen LogP contribution in [0.3, 0.4) is 0 Å². The van der Waals surface area contributed by atoms with Crippen LogP contribution in [0.25, 0.3) is 17.2 Å². The zero-order valence-electron chi connectivity index (χ0n) is 16.6. The van der Waals surface area contributed by atoms with E-state index in [0.29, 0.717) is 0 Å². The molecule has 0 radical (unpaired) electrons. The summed E-state index contributed by atoms with van der Waals surface area (Å²) in [6, 6.07) is 27.8. The molecule has 0 saturated heterocycles. The maximum absolute atomic E-state index is 11.4. The SMILES string of the molecule is COC(=O)/C=C/c1ccc(C2=C(c3ccccc3)CCCc3ccccc32)cc1. The van der Waals surface area contributed by atoms with Gasteiger partial charge in [0.1, 0.15) is 0 Å². The molecule has 2 heteroatoms. The van der Waals surface area contributed by atoms with Gasteiger partial charge in [-0.3, -0.25) is 0 Å². The summed E-state index contributed by atoms with van der Waals surface area (Å²) < 4.78 is 4.67. The lowest BCUT2D eigenvalue weighted by Gasteiger charge is -2.16. The van der Waals surface area contributed by atoms with Gasteiger partial charge in [0.05, 0.1) is 7.11 Å². The molecule has 0 aromatic heterocycles. The second-order valence-corrected chi connectivity index (χ2v) is 7.21. The van der Waals surface area contributed by atoms with E-state index in [2.05, 4.69) is 83.6 Å². The Balaban J connectivity index is 1.83. The zero-order valence-corrected chi connectivity index (χ0v) is 16.6. The lowest BCUT2D eigenvalue weighted by molar-refractivity contribution is -0.134. The van der Waals surface area contributed by atoms with Crippen LogP contribution in [0.2, 0.25) is 0 Å². The molecule has 3 aromatic rings. The standard InChI is InChI=1S/C27H24O2/c1-29-26(28)19-16-20-14-17-23(18-15-20)27-24-12-6-5-10-22(24)11-7-13-25(27)21-8-3-2-4-9-21/h2-6,8-10,12,14-19H,7,11,13H2,1H3/b19-16+. The molecule has 0 amide bonds. The number of aryl methyl sites for hydroxylation is 1. The topological polar surface area (TPSA) is 26.3 Å². The number of rotatable bonds is 4. The minimum Gasteiger partial charge on any atom is -0.466 e. The highest BCUT2D eigenvalue weighted by atomic mass is 16.5. The quantitative estimate of drug-likeness (QED) is 0.400. The first-order valence-electron chi connectivity index (χ1n) is 9.99. The molecule has 0 unspecified atom stereocenters. The molecular weight excluding hydrogens is 356 g/mol. The molecule has 0 spiro atoms. The summed E-state index contributed by atoms with van der Waals surface area (Å²) in [5, 5.41) is 0. The van der Waals surface area contributed by atoms with Crippen molar-refractivity contribution in [2.75, 3.05) is 7.11 Å². The van der Waals surface area contributed by atoms with Gasteiger partial charge in [0, 0.05) is 6.08 Å².